The number of methoxy groups -OCH3 is 1. The molecule has 1 aromatic heterocycles. The van der Waals surface area contributed by atoms with E-state index in [0.29, 0.717) is 24.9 Å². The number of rotatable bonds is 5. The van der Waals surface area contributed by atoms with Gasteiger partial charge < -0.3 is 19.5 Å². The van der Waals surface area contributed by atoms with E-state index in [2.05, 4.69) is 4.98 Å². The van der Waals surface area contributed by atoms with Crippen molar-refractivity contribution in [3.63, 3.8) is 0 Å². The highest BCUT2D eigenvalue weighted by molar-refractivity contribution is 6.29. The number of nitrogens with zero attached hydrogens (tertiary/aromatic N) is 3. The number of aromatic nitrogens is 1. The van der Waals surface area contributed by atoms with E-state index in [1.807, 2.05) is 0 Å². The first-order chi connectivity index (χ1) is 13.8. The van der Waals surface area contributed by atoms with Crippen LogP contribution in [0, 0.1) is 0 Å². The van der Waals surface area contributed by atoms with E-state index in [1.165, 1.54) is 24.1 Å². The molecule has 11 heteroatoms. The Hall–Kier alpha value is -1.78. The number of halogens is 4. The molecule has 1 amide bonds. The number of alkyl halides is 3. The molecule has 1 unspecified atom stereocenters. The molecule has 1 fully saturated rings. The van der Waals surface area contributed by atoms with Gasteiger partial charge in [0.05, 0.1) is 7.11 Å². The van der Waals surface area contributed by atoms with Crippen molar-refractivity contribution >= 4 is 17.7 Å². The molecule has 0 radical (unpaired) electrons. The second-order valence-corrected chi connectivity index (χ2v) is 8.54. The summed E-state index contributed by atoms with van der Waals surface area (Å²) in [5.41, 5.74) is -0.330. The van der Waals surface area contributed by atoms with Gasteiger partial charge in [0.15, 0.2) is 0 Å². The Morgan fingerprint density at radius 3 is 2.63 bits per heavy atom. The Morgan fingerprint density at radius 2 is 2.07 bits per heavy atom. The number of ether oxygens (including phenoxy) is 2. The number of piperidine rings is 1. The molecule has 7 nitrogen and oxygen atoms in total. The Bertz CT molecular complexity index is 743. The average molecular weight is 454 g/mol. The zero-order valence-corrected chi connectivity index (χ0v) is 18.1. The molecule has 170 valence electrons. The summed E-state index contributed by atoms with van der Waals surface area (Å²) in [7, 11) is 1.37. The number of hydrogen-bond acceptors (Lipinski definition) is 6. The molecule has 1 saturated heterocycles. The number of pyridine rings is 1. The number of amides is 1. The van der Waals surface area contributed by atoms with Crippen molar-refractivity contribution in [1.82, 2.24) is 14.8 Å². The molecule has 0 bridgehead atoms. The summed E-state index contributed by atoms with van der Waals surface area (Å²) in [6.07, 6.45) is -7.32. The van der Waals surface area contributed by atoms with Gasteiger partial charge in [-0.3, -0.25) is 4.90 Å². The minimum atomic E-state index is -4.87. The highest BCUT2D eigenvalue weighted by atomic mass is 35.5. The lowest BCUT2D eigenvalue weighted by Gasteiger charge is -2.41. The Labute approximate surface area is 178 Å². The average Bonchev–Trinajstić information content (AvgIpc) is 2.63. The van der Waals surface area contributed by atoms with E-state index in [9.17, 15) is 23.1 Å². The lowest BCUT2D eigenvalue weighted by Crippen LogP contribution is -2.56. The number of hydrogen-bond donors (Lipinski definition) is 1. The summed E-state index contributed by atoms with van der Waals surface area (Å²) < 4.78 is 50.6. The monoisotopic (exact) mass is 453 g/mol. The van der Waals surface area contributed by atoms with Gasteiger partial charge in [0.25, 0.3) is 0 Å². The van der Waals surface area contributed by atoms with Crippen molar-refractivity contribution in [1.29, 1.82) is 0 Å². The van der Waals surface area contributed by atoms with E-state index in [1.54, 1.807) is 20.8 Å². The first-order valence-corrected chi connectivity index (χ1v) is 9.87. The van der Waals surface area contributed by atoms with Crippen LogP contribution in [0.2, 0.25) is 5.15 Å². The fourth-order valence-electron chi connectivity index (χ4n) is 3.25. The molecule has 2 heterocycles. The molecule has 30 heavy (non-hydrogen) atoms. The summed E-state index contributed by atoms with van der Waals surface area (Å²) >= 11 is 5.93. The third-order valence-electron chi connectivity index (χ3n) is 4.53. The van der Waals surface area contributed by atoms with Crippen molar-refractivity contribution in [2.24, 2.45) is 0 Å². The van der Waals surface area contributed by atoms with Gasteiger partial charge in [-0.05, 0) is 45.2 Å². The van der Waals surface area contributed by atoms with Gasteiger partial charge in [0.1, 0.15) is 10.8 Å². The predicted octanol–water partition coefficient (Wildman–Crippen LogP) is 3.83. The van der Waals surface area contributed by atoms with Crippen LogP contribution in [-0.4, -0.2) is 70.2 Å². The summed E-state index contributed by atoms with van der Waals surface area (Å²) in [4.78, 5) is 18.6. The second kappa shape index (κ2) is 9.57. The van der Waals surface area contributed by atoms with Crippen molar-refractivity contribution in [2.75, 3.05) is 20.2 Å². The Balaban J connectivity index is 2.26. The molecular formula is C19H27ClF3N3O4. The second-order valence-electron chi connectivity index (χ2n) is 8.15. The number of carbonyl (C=O) groups is 1. The summed E-state index contributed by atoms with van der Waals surface area (Å²) in [5, 5.41) is 10.1. The lowest BCUT2D eigenvalue weighted by molar-refractivity contribution is -0.260. The van der Waals surface area contributed by atoms with E-state index < -0.39 is 30.1 Å². The van der Waals surface area contributed by atoms with Crippen LogP contribution < -0.4 is 4.74 Å². The van der Waals surface area contributed by atoms with Crippen molar-refractivity contribution in [3.05, 3.63) is 22.8 Å². The summed E-state index contributed by atoms with van der Waals surface area (Å²) in [6.45, 7) is 5.26. The van der Waals surface area contributed by atoms with E-state index in [0.717, 1.165) is 4.90 Å². The highest BCUT2D eigenvalue weighted by Crippen LogP contribution is 2.30. The molecule has 0 aliphatic carbocycles. The maximum absolute atomic E-state index is 13.4. The first kappa shape index (κ1) is 24.5. The van der Waals surface area contributed by atoms with Crippen LogP contribution in [-0.2, 0) is 11.3 Å². The van der Waals surface area contributed by atoms with Crippen LogP contribution in [0.5, 0.6) is 5.88 Å². The predicted molar refractivity (Wildman–Crippen MR) is 104 cm³/mol. The molecule has 1 aromatic rings. The molecule has 1 N–H and O–H groups in total. The maximum Gasteiger partial charge on any atom is 0.428 e. The quantitative estimate of drug-likeness (QED) is 0.539. The fraction of sp³-hybridized carbons (Fsp3) is 0.684. The van der Waals surface area contributed by atoms with E-state index in [-0.39, 0.29) is 24.1 Å². The zero-order valence-electron chi connectivity index (χ0n) is 17.4. The third-order valence-corrected chi connectivity index (χ3v) is 4.72. The minimum Gasteiger partial charge on any atom is -0.481 e. The maximum atomic E-state index is 13.4. The van der Waals surface area contributed by atoms with Crippen LogP contribution in [0.4, 0.5) is 18.0 Å². The first-order valence-electron chi connectivity index (χ1n) is 9.49. The largest absolute Gasteiger partial charge is 0.481 e. The molecule has 1 aliphatic heterocycles. The molecule has 2 atom stereocenters. The van der Waals surface area contributed by atoms with Gasteiger partial charge in [-0.25, -0.2) is 9.78 Å². The van der Waals surface area contributed by atoms with Crippen molar-refractivity contribution in [2.45, 2.75) is 64.2 Å². The zero-order chi connectivity index (χ0) is 22.7. The minimum absolute atomic E-state index is 0.00198. The van der Waals surface area contributed by atoms with Gasteiger partial charge in [0, 0.05) is 31.7 Å². The SMILES string of the molecule is COc1cc(CN(C(O)C(F)(F)F)[C@H]2CCCN(C(=O)OC(C)(C)C)C2)cc(Cl)n1. The molecule has 2 rings (SSSR count). The molecule has 1 aliphatic rings. The van der Waals surface area contributed by atoms with Crippen LogP contribution in [0.3, 0.4) is 0 Å². The lowest BCUT2D eigenvalue weighted by atomic mass is 10.0. The Kier molecular flexibility index (Phi) is 7.81. The van der Waals surface area contributed by atoms with Crippen LogP contribution >= 0.6 is 11.6 Å². The number of likely N-dealkylation sites (tertiary alicyclic amines) is 1. The van der Waals surface area contributed by atoms with Crippen molar-refractivity contribution < 1.29 is 32.5 Å². The topological polar surface area (TPSA) is 75.1 Å². The van der Waals surface area contributed by atoms with Gasteiger partial charge in [-0.15, -0.1) is 0 Å². The van der Waals surface area contributed by atoms with Crippen molar-refractivity contribution in [3.8, 4) is 5.88 Å². The summed E-state index contributed by atoms with van der Waals surface area (Å²) in [6, 6.07) is 2.13. The van der Waals surface area contributed by atoms with E-state index in [4.69, 9.17) is 21.1 Å². The Morgan fingerprint density at radius 1 is 1.40 bits per heavy atom. The number of carbonyl (C=O) groups excluding carboxylic acids is 1. The molecular weight excluding hydrogens is 427 g/mol. The van der Waals surface area contributed by atoms with Crippen LogP contribution in [0.1, 0.15) is 39.2 Å². The standard InChI is InChI=1S/C19H27ClF3N3O4/c1-18(2,3)30-17(28)25-7-5-6-13(11-25)26(16(27)19(21,22)23)10-12-8-14(20)24-15(9-12)29-4/h8-9,13,16,27H,5-7,10-11H2,1-4H3/t13-,16?/m0/s1. The summed E-state index contributed by atoms with van der Waals surface area (Å²) in [5.74, 6) is 0.151. The number of aliphatic hydroxyl groups is 1. The van der Waals surface area contributed by atoms with Gasteiger partial charge in [-0.1, -0.05) is 11.6 Å². The normalized spacial score (nSPS) is 19.0. The van der Waals surface area contributed by atoms with Crippen LogP contribution in [0.15, 0.2) is 12.1 Å². The number of aliphatic hydroxyl groups excluding tert-OH is 1. The fourth-order valence-corrected chi connectivity index (χ4v) is 3.47. The molecule has 0 spiro atoms. The molecule has 0 saturated carbocycles. The molecule has 0 aromatic carbocycles. The third kappa shape index (κ3) is 6.88. The van der Waals surface area contributed by atoms with Gasteiger partial charge >= 0.3 is 12.3 Å². The van der Waals surface area contributed by atoms with Gasteiger partial charge in [-0.2, -0.15) is 13.2 Å². The van der Waals surface area contributed by atoms with Crippen LogP contribution in [0.25, 0.3) is 0 Å². The van der Waals surface area contributed by atoms with Gasteiger partial charge in [0.2, 0.25) is 12.1 Å². The van der Waals surface area contributed by atoms with E-state index >= 15 is 0 Å². The highest BCUT2D eigenvalue weighted by Gasteiger charge is 2.46. The smallest absolute Gasteiger partial charge is 0.428 e.